The van der Waals surface area contributed by atoms with Gasteiger partial charge in [0.15, 0.2) is 0 Å². The van der Waals surface area contributed by atoms with E-state index in [-0.39, 0.29) is 11.4 Å². The predicted molar refractivity (Wildman–Crippen MR) is 81.5 cm³/mol. The maximum Gasteiger partial charge on any atom is 0.251 e. The van der Waals surface area contributed by atoms with Gasteiger partial charge in [0.05, 0.1) is 0 Å². The zero-order valence-corrected chi connectivity index (χ0v) is 13.4. The topological polar surface area (TPSA) is 32.3 Å². The number of carbonyl (C=O) groups excluding carboxylic acids is 1. The number of aryl methyl sites for hydroxylation is 1. The molecule has 1 aromatic carbocycles. The molecule has 3 nitrogen and oxygen atoms in total. The van der Waals surface area contributed by atoms with Gasteiger partial charge >= 0.3 is 0 Å². The van der Waals surface area contributed by atoms with Gasteiger partial charge < -0.3 is 10.2 Å². The Morgan fingerprint density at radius 2 is 2.05 bits per heavy atom. The maximum absolute atomic E-state index is 12.2. The number of amides is 1. The molecule has 1 N–H and O–H groups in total. The number of benzene rings is 1. The Labute approximate surface area is 123 Å². The Hall–Kier alpha value is -0.870. The Morgan fingerprint density at radius 1 is 1.37 bits per heavy atom. The molecule has 1 aliphatic rings. The second-order valence-electron chi connectivity index (χ2n) is 5.67. The lowest BCUT2D eigenvalue weighted by molar-refractivity contribution is 0.0557. The number of likely N-dealkylation sites (N-methyl/N-ethyl adjacent to an activating group) is 1. The Balaban J connectivity index is 2.01. The molecule has 104 valence electrons. The minimum absolute atomic E-state index is 0.0116. The molecule has 1 fully saturated rings. The van der Waals surface area contributed by atoms with Crippen molar-refractivity contribution in [3.8, 4) is 0 Å². The number of hydrogen-bond donors (Lipinski definition) is 1. The van der Waals surface area contributed by atoms with Crippen molar-refractivity contribution in [1.29, 1.82) is 0 Å². The molecule has 0 heterocycles. The van der Waals surface area contributed by atoms with Crippen molar-refractivity contribution in [3.05, 3.63) is 33.8 Å². The summed E-state index contributed by atoms with van der Waals surface area (Å²) in [6.07, 6.45) is 3.58. The molecular formula is C15H21BrN2O. The summed E-state index contributed by atoms with van der Waals surface area (Å²) in [5.74, 6) is 0.0116. The van der Waals surface area contributed by atoms with E-state index in [1.54, 1.807) is 0 Å². The molecule has 4 heteroatoms. The van der Waals surface area contributed by atoms with Gasteiger partial charge in [0.2, 0.25) is 0 Å². The standard InChI is InChI=1S/C15H21BrN2O/c1-11-7-12(9-13(16)8-11)14(19)17-10-15(18(2)3)5-4-6-15/h7-9H,4-6,10H2,1-3H3,(H,17,19). The van der Waals surface area contributed by atoms with E-state index in [0.717, 1.165) is 35.0 Å². The van der Waals surface area contributed by atoms with Crippen LogP contribution in [-0.2, 0) is 0 Å². The number of carbonyl (C=O) groups is 1. The fraction of sp³-hybridized carbons (Fsp3) is 0.533. The lowest BCUT2D eigenvalue weighted by Crippen LogP contribution is -2.57. The lowest BCUT2D eigenvalue weighted by Gasteiger charge is -2.47. The summed E-state index contributed by atoms with van der Waals surface area (Å²) in [7, 11) is 4.18. The number of hydrogen-bond acceptors (Lipinski definition) is 2. The van der Waals surface area contributed by atoms with Crippen molar-refractivity contribution in [2.45, 2.75) is 31.7 Å². The van der Waals surface area contributed by atoms with Crippen LogP contribution in [0.5, 0.6) is 0 Å². The van der Waals surface area contributed by atoms with Crippen LogP contribution < -0.4 is 5.32 Å². The summed E-state index contributed by atoms with van der Waals surface area (Å²) in [5.41, 5.74) is 1.97. The summed E-state index contributed by atoms with van der Waals surface area (Å²) >= 11 is 3.43. The van der Waals surface area contributed by atoms with Crippen LogP contribution in [0.2, 0.25) is 0 Å². The highest BCUT2D eigenvalue weighted by molar-refractivity contribution is 9.10. The highest BCUT2D eigenvalue weighted by Crippen LogP contribution is 2.35. The molecule has 0 aromatic heterocycles. The van der Waals surface area contributed by atoms with Gasteiger partial charge in [-0.05, 0) is 64.0 Å². The molecule has 1 amide bonds. The second-order valence-corrected chi connectivity index (χ2v) is 6.59. The van der Waals surface area contributed by atoms with Gasteiger partial charge in [-0.25, -0.2) is 0 Å². The summed E-state index contributed by atoms with van der Waals surface area (Å²) in [6, 6.07) is 5.79. The molecule has 0 radical (unpaired) electrons. The minimum Gasteiger partial charge on any atom is -0.350 e. The first-order valence-corrected chi connectivity index (χ1v) is 7.45. The van der Waals surface area contributed by atoms with Crippen LogP contribution in [0.15, 0.2) is 22.7 Å². The first kappa shape index (κ1) is 14.5. The fourth-order valence-electron chi connectivity index (χ4n) is 2.58. The smallest absolute Gasteiger partial charge is 0.251 e. The quantitative estimate of drug-likeness (QED) is 0.923. The summed E-state index contributed by atoms with van der Waals surface area (Å²) in [4.78, 5) is 14.4. The average molecular weight is 325 g/mol. The van der Waals surface area contributed by atoms with Crippen LogP contribution >= 0.6 is 15.9 Å². The highest BCUT2D eigenvalue weighted by atomic mass is 79.9. The van der Waals surface area contributed by atoms with E-state index in [0.29, 0.717) is 0 Å². The third kappa shape index (κ3) is 3.18. The zero-order valence-electron chi connectivity index (χ0n) is 11.8. The second kappa shape index (κ2) is 5.63. The Bertz CT molecular complexity index is 461. The van der Waals surface area contributed by atoms with Crippen molar-refractivity contribution < 1.29 is 4.79 Å². The highest BCUT2D eigenvalue weighted by Gasteiger charge is 2.39. The molecular weight excluding hydrogens is 304 g/mol. The number of nitrogens with one attached hydrogen (secondary N) is 1. The molecule has 0 spiro atoms. The van der Waals surface area contributed by atoms with Crippen molar-refractivity contribution in [1.82, 2.24) is 10.2 Å². The van der Waals surface area contributed by atoms with Gasteiger partial charge in [0, 0.05) is 22.1 Å². The van der Waals surface area contributed by atoms with Crippen LogP contribution in [0.3, 0.4) is 0 Å². The molecule has 0 unspecified atom stereocenters. The van der Waals surface area contributed by atoms with Crippen LogP contribution in [0, 0.1) is 6.92 Å². The predicted octanol–water partition coefficient (Wildman–Crippen LogP) is 2.97. The molecule has 1 saturated carbocycles. The minimum atomic E-state index is 0.0116. The van der Waals surface area contributed by atoms with Gasteiger partial charge in [0.1, 0.15) is 0 Å². The molecule has 0 aliphatic heterocycles. The molecule has 1 aromatic rings. The summed E-state index contributed by atoms with van der Waals surface area (Å²) < 4.78 is 0.948. The average Bonchev–Trinajstić information content (AvgIpc) is 2.25. The zero-order chi connectivity index (χ0) is 14.0. The van der Waals surface area contributed by atoms with Crippen molar-refractivity contribution in [3.63, 3.8) is 0 Å². The van der Waals surface area contributed by atoms with Gasteiger partial charge in [-0.15, -0.1) is 0 Å². The summed E-state index contributed by atoms with van der Waals surface area (Å²) in [5, 5.41) is 3.08. The SMILES string of the molecule is Cc1cc(Br)cc(C(=O)NCC2(N(C)C)CCC2)c1. The van der Waals surface area contributed by atoms with E-state index in [1.165, 1.54) is 6.42 Å². The first-order chi connectivity index (χ1) is 8.93. The molecule has 19 heavy (non-hydrogen) atoms. The van der Waals surface area contributed by atoms with Crippen molar-refractivity contribution in [2.24, 2.45) is 0 Å². The van der Waals surface area contributed by atoms with E-state index in [4.69, 9.17) is 0 Å². The van der Waals surface area contributed by atoms with Gasteiger partial charge in [-0.2, -0.15) is 0 Å². The summed E-state index contributed by atoms with van der Waals surface area (Å²) in [6.45, 7) is 2.72. The molecule has 0 bridgehead atoms. The van der Waals surface area contributed by atoms with Crippen molar-refractivity contribution >= 4 is 21.8 Å². The molecule has 0 saturated heterocycles. The van der Waals surface area contributed by atoms with Crippen LogP contribution in [0.1, 0.15) is 35.2 Å². The van der Waals surface area contributed by atoms with Gasteiger partial charge in [0.25, 0.3) is 5.91 Å². The van der Waals surface area contributed by atoms with E-state index in [2.05, 4.69) is 40.2 Å². The fourth-order valence-corrected chi connectivity index (χ4v) is 3.19. The van der Waals surface area contributed by atoms with E-state index >= 15 is 0 Å². The van der Waals surface area contributed by atoms with Gasteiger partial charge in [-0.3, -0.25) is 4.79 Å². The largest absolute Gasteiger partial charge is 0.350 e. The Morgan fingerprint density at radius 3 is 2.53 bits per heavy atom. The molecule has 2 rings (SSSR count). The first-order valence-electron chi connectivity index (χ1n) is 6.66. The van der Waals surface area contributed by atoms with Crippen LogP contribution in [0.25, 0.3) is 0 Å². The van der Waals surface area contributed by atoms with Crippen LogP contribution in [-0.4, -0.2) is 37.0 Å². The number of nitrogens with zero attached hydrogens (tertiary/aromatic N) is 1. The van der Waals surface area contributed by atoms with E-state index < -0.39 is 0 Å². The monoisotopic (exact) mass is 324 g/mol. The third-order valence-corrected chi connectivity index (χ3v) is 4.57. The van der Waals surface area contributed by atoms with E-state index in [1.807, 2.05) is 25.1 Å². The molecule has 1 aliphatic carbocycles. The van der Waals surface area contributed by atoms with E-state index in [9.17, 15) is 4.79 Å². The number of halogens is 1. The van der Waals surface area contributed by atoms with Crippen molar-refractivity contribution in [2.75, 3.05) is 20.6 Å². The maximum atomic E-state index is 12.2. The Kier molecular flexibility index (Phi) is 4.31. The number of rotatable bonds is 4. The van der Waals surface area contributed by atoms with Gasteiger partial charge in [-0.1, -0.05) is 15.9 Å². The molecule has 0 atom stereocenters. The third-order valence-electron chi connectivity index (χ3n) is 4.12. The lowest BCUT2D eigenvalue weighted by atomic mass is 9.75. The normalized spacial score (nSPS) is 17.1. The van der Waals surface area contributed by atoms with Crippen LogP contribution in [0.4, 0.5) is 0 Å².